The Morgan fingerprint density at radius 3 is 2.78 bits per heavy atom. The van der Waals surface area contributed by atoms with Crippen molar-refractivity contribution in [1.29, 1.82) is 0 Å². The number of benzene rings is 2. The number of para-hydroxylation sites is 2. The highest BCUT2D eigenvalue weighted by Crippen LogP contribution is 2.39. The Hall–Kier alpha value is -3.05. The van der Waals surface area contributed by atoms with Gasteiger partial charge in [0, 0.05) is 10.7 Å². The van der Waals surface area contributed by atoms with Crippen LogP contribution in [0.3, 0.4) is 0 Å². The zero-order valence-electron chi connectivity index (χ0n) is 14.8. The first-order chi connectivity index (χ1) is 13.1. The predicted octanol–water partition coefficient (Wildman–Crippen LogP) is 4.71. The molecule has 0 saturated heterocycles. The van der Waals surface area contributed by atoms with Crippen LogP contribution in [-0.2, 0) is 9.53 Å². The number of nitrogens with one attached hydrogen (secondary N) is 1. The fraction of sp³-hybridized carbons (Fsp3) is 0.143. The number of carbonyl (C=O) groups is 1. The van der Waals surface area contributed by atoms with Crippen LogP contribution in [0.2, 0.25) is 5.02 Å². The molecule has 5 nitrogen and oxygen atoms in total. The Morgan fingerprint density at radius 2 is 2.04 bits per heavy atom. The highest BCUT2D eigenvalue weighted by Gasteiger charge is 2.34. The Morgan fingerprint density at radius 1 is 1.30 bits per heavy atom. The number of carbonyl (C=O) groups excluding carboxylic acids is 1. The van der Waals surface area contributed by atoms with Gasteiger partial charge in [-0.25, -0.2) is 9.78 Å². The molecule has 1 atom stereocenters. The van der Waals surface area contributed by atoms with E-state index >= 15 is 0 Å². The largest absolute Gasteiger partial charge is 0.458 e. The monoisotopic (exact) mass is 379 g/mol. The van der Waals surface area contributed by atoms with Crippen molar-refractivity contribution in [2.75, 3.05) is 11.9 Å². The van der Waals surface area contributed by atoms with Crippen molar-refractivity contribution in [3.63, 3.8) is 0 Å². The third kappa shape index (κ3) is 3.00. The molecule has 0 bridgehead atoms. The number of esters is 1. The van der Waals surface area contributed by atoms with Crippen LogP contribution in [-0.4, -0.2) is 22.1 Å². The molecule has 6 heteroatoms. The molecule has 0 radical (unpaired) electrons. The smallest absolute Gasteiger partial charge is 0.338 e. The number of rotatable bonds is 4. The third-order valence-corrected chi connectivity index (χ3v) is 4.82. The highest BCUT2D eigenvalue weighted by atomic mass is 35.5. The molecule has 0 saturated carbocycles. The second-order valence-electron chi connectivity index (χ2n) is 6.30. The van der Waals surface area contributed by atoms with Crippen LogP contribution in [0, 0.1) is 0 Å². The van der Waals surface area contributed by atoms with Crippen molar-refractivity contribution in [3.05, 3.63) is 83.0 Å². The van der Waals surface area contributed by atoms with Crippen LogP contribution in [0.5, 0.6) is 0 Å². The molecule has 4 rings (SSSR count). The second-order valence-corrected chi connectivity index (χ2v) is 6.74. The number of halogens is 1. The molecule has 1 aliphatic rings. The minimum Gasteiger partial charge on any atom is -0.458 e. The van der Waals surface area contributed by atoms with E-state index in [2.05, 4.69) is 16.9 Å². The van der Waals surface area contributed by atoms with E-state index in [9.17, 15) is 4.79 Å². The van der Waals surface area contributed by atoms with E-state index < -0.39 is 0 Å². The first-order valence-electron chi connectivity index (χ1n) is 8.58. The molecular weight excluding hydrogens is 362 g/mol. The van der Waals surface area contributed by atoms with Gasteiger partial charge in [-0.1, -0.05) is 48.5 Å². The van der Waals surface area contributed by atoms with Crippen molar-refractivity contribution in [2.24, 2.45) is 0 Å². The van der Waals surface area contributed by atoms with Gasteiger partial charge in [0.2, 0.25) is 5.95 Å². The lowest BCUT2D eigenvalue weighted by Gasteiger charge is -2.30. The molecule has 0 aliphatic carbocycles. The van der Waals surface area contributed by atoms with Crippen LogP contribution < -0.4 is 5.32 Å². The highest BCUT2D eigenvalue weighted by molar-refractivity contribution is 6.30. The van der Waals surface area contributed by atoms with E-state index in [-0.39, 0.29) is 18.6 Å². The summed E-state index contributed by atoms with van der Waals surface area (Å²) in [6, 6.07) is 14.9. The molecule has 27 heavy (non-hydrogen) atoms. The van der Waals surface area contributed by atoms with E-state index in [1.807, 2.05) is 60.0 Å². The van der Waals surface area contributed by atoms with Gasteiger partial charge in [-0.2, -0.15) is 0 Å². The molecule has 1 aromatic heterocycles. The maximum atomic E-state index is 12.9. The molecule has 0 amide bonds. The fourth-order valence-electron chi connectivity index (χ4n) is 3.40. The summed E-state index contributed by atoms with van der Waals surface area (Å²) < 4.78 is 7.39. The second kappa shape index (κ2) is 6.93. The molecule has 1 N–H and O–H groups in total. The zero-order chi connectivity index (χ0) is 19.0. The summed E-state index contributed by atoms with van der Waals surface area (Å²) in [7, 11) is 0. The zero-order valence-corrected chi connectivity index (χ0v) is 15.5. The minimum atomic E-state index is -0.386. The first kappa shape index (κ1) is 17.4. The standard InChI is InChI=1S/C21H18ClN3O2/c1-3-12-27-20(26)18-13(2)23-21-24-16-6-4-5-7-17(16)25(21)19(18)14-8-10-15(22)11-9-14/h3-11,19H,1,12H2,2H3,(H,23,24)/t19-/m1/s1. The Labute approximate surface area is 161 Å². The number of hydrogen-bond acceptors (Lipinski definition) is 4. The fourth-order valence-corrected chi connectivity index (χ4v) is 3.53. The molecule has 2 heterocycles. The van der Waals surface area contributed by atoms with Crippen molar-refractivity contribution in [3.8, 4) is 0 Å². The van der Waals surface area contributed by atoms with Gasteiger partial charge in [0.1, 0.15) is 6.61 Å². The van der Waals surface area contributed by atoms with E-state index in [0.29, 0.717) is 22.2 Å². The number of hydrogen-bond donors (Lipinski definition) is 1. The van der Waals surface area contributed by atoms with Gasteiger partial charge in [0.25, 0.3) is 0 Å². The van der Waals surface area contributed by atoms with Crippen molar-refractivity contribution < 1.29 is 9.53 Å². The number of fused-ring (bicyclic) bond motifs is 3. The number of ether oxygens (including phenoxy) is 1. The number of nitrogens with zero attached hydrogens (tertiary/aromatic N) is 2. The number of anilines is 1. The Kier molecular flexibility index (Phi) is 4.46. The summed E-state index contributed by atoms with van der Waals surface area (Å²) >= 11 is 6.07. The molecule has 136 valence electrons. The topological polar surface area (TPSA) is 56.1 Å². The van der Waals surface area contributed by atoms with Crippen LogP contribution in [0.25, 0.3) is 11.0 Å². The lowest BCUT2D eigenvalue weighted by Crippen LogP contribution is -2.29. The molecular formula is C21H18ClN3O2. The SMILES string of the molecule is C=CCOC(=O)C1=C(C)Nc2nc3ccccc3n2[C@@H]1c1ccc(Cl)cc1. The van der Waals surface area contributed by atoms with Gasteiger partial charge in [-0.05, 0) is 36.8 Å². The normalized spacial score (nSPS) is 16.0. The first-order valence-corrected chi connectivity index (χ1v) is 8.96. The van der Waals surface area contributed by atoms with Crippen LogP contribution >= 0.6 is 11.6 Å². The summed E-state index contributed by atoms with van der Waals surface area (Å²) in [5.41, 5.74) is 3.96. The van der Waals surface area contributed by atoms with Gasteiger partial charge in [-0.15, -0.1) is 0 Å². The summed E-state index contributed by atoms with van der Waals surface area (Å²) in [5, 5.41) is 3.89. The minimum absolute atomic E-state index is 0.153. The van der Waals surface area contributed by atoms with Crippen LogP contribution in [0.4, 0.5) is 5.95 Å². The molecule has 1 aliphatic heterocycles. The van der Waals surface area contributed by atoms with Gasteiger partial charge < -0.3 is 10.1 Å². The number of allylic oxidation sites excluding steroid dienone is 1. The molecule has 3 aromatic rings. The van der Waals surface area contributed by atoms with Crippen LogP contribution in [0.1, 0.15) is 18.5 Å². The lowest BCUT2D eigenvalue weighted by atomic mass is 9.95. The number of aromatic nitrogens is 2. The van der Waals surface area contributed by atoms with Gasteiger partial charge >= 0.3 is 5.97 Å². The molecule has 2 aromatic carbocycles. The molecule has 0 fully saturated rings. The summed E-state index contributed by atoms with van der Waals surface area (Å²) in [4.78, 5) is 17.5. The summed E-state index contributed by atoms with van der Waals surface area (Å²) in [5.74, 6) is 0.303. The number of imidazole rings is 1. The Bertz CT molecular complexity index is 1070. The van der Waals surface area contributed by atoms with Gasteiger partial charge in [0.15, 0.2) is 0 Å². The predicted molar refractivity (Wildman–Crippen MR) is 107 cm³/mol. The third-order valence-electron chi connectivity index (χ3n) is 4.57. The van der Waals surface area contributed by atoms with E-state index in [0.717, 1.165) is 16.6 Å². The van der Waals surface area contributed by atoms with E-state index in [1.165, 1.54) is 0 Å². The van der Waals surface area contributed by atoms with Gasteiger partial charge in [0.05, 0.1) is 22.6 Å². The average molecular weight is 380 g/mol. The van der Waals surface area contributed by atoms with Crippen molar-refractivity contribution in [2.45, 2.75) is 13.0 Å². The quantitative estimate of drug-likeness (QED) is 0.527. The van der Waals surface area contributed by atoms with Crippen molar-refractivity contribution in [1.82, 2.24) is 9.55 Å². The summed E-state index contributed by atoms with van der Waals surface area (Å²) in [6.45, 7) is 5.62. The summed E-state index contributed by atoms with van der Waals surface area (Å²) in [6.07, 6.45) is 1.55. The Balaban J connectivity index is 1.93. The lowest BCUT2D eigenvalue weighted by molar-refractivity contribution is -0.138. The van der Waals surface area contributed by atoms with Crippen LogP contribution in [0.15, 0.2) is 72.5 Å². The maximum Gasteiger partial charge on any atom is 0.338 e. The molecule has 0 unspecified atom stereocenters. The average Bonchev–Trinajstić information content (AvgIpc) is 3.03. The maximum absolute atomic E-state index is 12.9. The van der Waals surface area contributed by atoms with Crippen molar-refractivity contribution >= 4 is 34.6 Å². The van der Waals surface area contributed by atoms with E-state index in [4.69, 9.17) is 16.3 Å². The molecule has 0 spiro atoms. The van der Waals surface area contributed by atoms with E-state index in [1.54, 1.807) is 6.08 Å². The van der Waals surface area contributed by atoms with Gasteiger partial charge in [-0.3, -0.25) is 4.57 Å².